The molecule has 0 aliphatic heterocycles. The second kappa shape index (κ2) is 6.09. The summed E-state index contributed by atoms with van der Waals surface area (Å²) in [6, 6.07) is 2.61. The van der Waals surface area contributed by atoms with E-state index < -0.39 is 0 Å². The molecule has 1 aromatic heterocycles. The number of hydrogen-bond donors (Lipinski definition) is 1. The van der Waals surface area contributed by atoms with Crippen molar-refractivity contribution in [3.05, 3.63) is 18.0 Å². The smallest absolute Gasteiger partial charge is 0.0522 e. The average Bonchev–Trinajstić information content (AvgIpc) is 2.58. The van der Waals surface area contributed by atoms with Gasteiger partial charge in [-0.2, -0.15) is 16.9 Å². The Labute approximate surface area is 90.3 Å². The molecule has 0 aliphatic carbocycles. The molecule has 0 atom stereocenters. The molecule has 1 aromatic rings. The Morgan fingerprint density at radius 2 is 2.36 bits per heavy atom. The van der Waals surface area contributed by atoms with Crippen LogP contribution in [0.25, 0.3) is 0 Å². The van der Waals surface area contributed by atoms with Gasteiger partial charge in [0.05, 0.1) is 12.2 Å². The lowest BCUT2D eigenvalue weighted by Crippen LogP contribution is -2.24. The van der Waals surface area contributed by atoms with E-state index in [4.69, 9.17) is 0 Å². The summed E-state index contributed by atoms with van der Waals surface area (Å²) in [5, 5.41) is 7.69. The molecule has 0 radical (unpaired) electrons. The minimum absolute atomic E-state index is 0.527. The summed E-state index contributed by atoms with van der Waals surface area (Å²) in [6.45, 7) is 6.22. The van der Waals surface area contributed by atoms with Crippen LogP contribution < -0.4 is 5.32 Å². The first-order valence-corrected chi connectivity index (χ1v) is 6.36. The van der Waals surface area contributed by atoms with Crippen LogP contribution in [0.1, 0.15) is 19.5 Å². The fraction of sp³-hybridized carbons (Fsp3) is 0.700. The van der Waals surface area contributed by atoms with Gasteiger partial charge < -0.3 is 5.32 Å². The Morgan fingerprint density at radius 3 is 3.00 bits per heavy atom. The van der Waals surface area contributed by atoms with Crippen molar-refractivity contribution in [1.82, 2.24) is 15.1 Å². The quantitative estimate of drug-likeness (QED) is 0.780. The third-order valence-corrected chi connectivity index (χ3v) is 2.59. The van der Waals surface area contributed by atoms with Crippen LogP contribution >= 0.6 is 11.8 Å². The second-order valence-electron chi connectivity index (χ2n) is 3.57. The van der Waals surface area contributed by atoms with Crippen LogP contribution in [-0.4, -0.2) is 27.8 Å². The number of nitrogens with one attached hydrogen (secondary N) is 1. The van der Waals surface area contributed by atoms with Crippen LogP contribution in [-0.2, 0) is 13.1 Å². The highest BCUT2D eigenvalue weighted by atomic mass is 32.2. The zero-order valence-corrected chi connectivity index (χ0v) is 9.97. The second-order valence-corrected chi connectivity index (χ2v) is 4.56. The number of aromatic nitrogens is 2. The van der Waals surface area contributed by atoms with E-state index in [9.17, 15) is 0 Å². The van der Waals surface area contributed by atoms with E-state index in [-0.39, 0.29) is 0 Å². The molecule has 1 N–H and O–H groups in total. The van der Waals surface area contributed by atoms with Crippen molar-refractivity contribution in [2.75, 3.05) is 12.0 Å². The lowest BCUT2D eigenvalue weighted by atomic mass is 10.3. The Morgan fingerprint density at radius 1 is 1.57 bits per heavy atom. The zero-order chi connectivity index (χ0) is 10.4. The summed E-state index contributed by atoms with van der Waals surface area (Å²) in [5.74, 6) is 1.12. The maximum absolute atomic E-state index is 4.29. The number of hydrogen-bond acceptors (Lipinski definition) is 3. The minimum Gasteiger partial charge on any atom is -0.309 e. The SMILES string of the molecule is CSCCn1nccc1CNC(C)C. The van der Waals surface area contributed by atoms with Crippen molar-refractivity contribution in [3.8, 4) is 0 Å². The van der Waals surface area contributed by atoms with Crippen LogP contribution in [0, 0.1) is 0 Å². The Bertz CT molecular complexity index is 258. The third kappa shape index (κ3) is 3.72. The van der Waals surface area contributed by atoms with Gasteiger partial charge in [0.1, 0.15) is 0 Å². The summed E-state index contributed by atoms with van der Waals surface area (Å²) < 4.78 is 2.08. The maximum atomic E-state index is 4.29. The molecule has 4 heteroatoms. The van der Waals surface area contributed by atoms with Crippen LogP contribution in [0.4, 0.5) is 0 Å². The number of rotatable bonds is 6. The van der Waals surface area contributed by atoms with Gasteiger partial charge in [0, 0.05) is 24.5 Å². The van der Waals surface area contributed by atoms with Gasteiger partial charge in [0.15, 0.2) is 0 Å². The van der Waals surface area contributed by atoms with E-state index >= 15 is 0 Å². The highest BCUT2D eigenvalue weighted by Crippen LogP contribution is 2.01. The van der Waals surface area contributed by atoms with Crippen molar-refractivity contribution < 1.29 is 0 Å². The van der Waals surface area contributed by atoms with E-state index in [2.05, 4.69) is 41.3 Å². The van der Waals surface area contributed by atoms with Crippen molar-refractivity contribution in [2.24, 2.45) is 0 Å². The minimum atomic E-state index is 0.527. The molecule has 0 fully saturated rings. The predicted molar refractivity (Wildman–Crippen MR) is 62.6 cm³/mol. The first-order valence-electron chi connectivity index (χ1n) is 4.97. The van der Waals surface area contributed by atoms with E-state index in [0.717, 1.165) is 18.8 Å². The van der Waals surface area contributed by atoms with Crippen molar-refractivity contribution in [2.45, 2.75) is 33.0 Å². The molecular formula is C10H19N3S. The van der Waals surface area contributed by atoms with E-state index in [1.165, 1.54) is 5.69 Å². The van der Waals surface area contributed by atoms with Crippen molar-refractivity contribution in [1.29, 1.82) is 0 Å². The Kier molecular flexibility index (Phi) is 5.04. The van der Waals surface area contributed by atoms with Gasteiger partial charge in [-0.3, -0.25) is 4.68 Å². The van der Waals surface area contributed by atoms with Gasteiger partial charge in [-0.15, -0.1) is 0 Å². The lowest BCUT2D eigenvalue weighted by molar-refractivity contribution is 0.542. The maximum Gasteiger partial charge on any atom is 0.0522 e. The largest absolute Gasteiger partial charge is 0.309 e. The van der Waals surface area contributed by atoms with E-state index in [1.807, 2.05) is 18.0 Å². The van der Waals surface area contributed by atoms with Crippen LogP contribution in [0.3, 0.4) is 0 Å². The molecule has 3 nitrogen and oxygen atoms in total. The predicted octanol–water partition coefficient (Wildman–Crippen LogP) is 1.74. The van der Waals surface area contributed by atoms with Gasteiger partial charge in [0.25, 0.3) is 0 Å². The van der Waals surface area contributed by atoms with Gasteiger partial charge >= 0.3 is 0 Å². The fourth-order valence-electron chi connectivity index (χ4n) is 1.20. The van der Waals surface area contributed by atoms with Gasteiger partial charge in [-0.1, -0.05) is 13.8 Å². The summed E-state index contributed by atoms with van der Waals surface area (Å²) in [5.41, 5.74) is 1.27. The molecule has 0 bridgehead atoms. The fourth-order valence-corrected chi connectivity index (χ4v) is 1.55. The van der Waals surface area contributed by atoms with Crippen LogP contribution in [0.2, 0.25) is 0 Å². The number of aryl methyl sites for hydroxylation is 1. The number of nitrogens with zero attached hydrogens (tertiary/aromatic N) is 2. The molecule has 0 aliphatic rings. The number of thioether (sulfide) groups is 1. The van der Waals surface area contributed by atoms with E-state index in [1.54, 1.807) is 0 Å². The van der Waals surface area contributed by atoms with Gasteiger partial charge in [0.2, 0.25) is 0 Å². The molecule has 0 aromatic carbocycles. The molecule has 1 heterocycles. The summed E-state index contributed by atoms with van der Waals surface area (Å²) >= 11 is 1.85. The van der Waals surface area contributed by atoms with Gasteiger partial charge in [-0.25, -0.2) is 0 Å². The van der Waals surface area contributed by atoms with Crippen LogP contribution in [0.5, 0.6) is 0 Å². The molecule has 14 heavy (non-hydrogen) atoms. The van der Waals surface area contributed by atoms with Crippen LogP contribution in [0.15, 0.2) is 12.3 Å². The van der Waals surface area contributed by atoms with Gasteiger partial charge in [-0.05, 0) is 12.3 Å². The molecule has 0 spiro atoms. The Hall–Kier alpha value is -0.480. The Balaban J connectivity index is 2.45. The molecule has 80 valence electrons. The van der Waals surface area contributed by atoms with E-state index in [0.29, 0.717) is 6.04 Å². The summed E-state index contributed by atoms with van der Waals surface area (Å²) in [6.07, 6.45) is 3.99. The van der Waals surface area contributed by atoms with Crippen molar-refractivity contribution in [3.63, 3.8) is 0 Å². The highest BCUT2D eigenvalue weighted by Gasteiger charge is 2.02. The molecule has 0 unspecified atom stereocenters. The molecule has 1 rings (SSSR count). The summed E-state index contributed by atoms with van der Waals surface area (Å²) in [4.78, 5) is 0. The lowest BCUT2D eigenvalue weighted by Gasteiger charge is -2.10. The topological polar surface area (TPSA) is 29.9 Å². The first-order chi connectivity index (χ1) is 6.74. The molecule has 0 saturated heterocycles. The van der Waals surface area contributed by atoms with Crippen molar-refractivity contribution >= 4 is 11.8 Å². The average molecular weight is 213 g/mol. The highest BCUT2D eigenvalue weighted by molar-refractivity contribution is 7.98. The molecule has 0 amide bonds. The summed E-state index contributed by atoms with van der Waals surface area (Å²) in [7, 11) is 0. The zero-order valence-electron chi connectivity index (χ0n) is 9.16. The molecular weight excluding hydrogens is 194 g/mol. The standard InChI is InChI=1S/C10H19N3S/c1-9(2)11-8-10-4-5-12-13(10)6-7-14-3/h4-5,9,11H,6-8H2,1-3H3. The first kappa shape index (κ1) is 11.6. The third-order valence-electron chi connectivity index (χ3n) is 2.00. The molecule has 0 saturated carbocycles. The normalized spacial score (nSPS) is 11.1. The monoisotopic (exact) mass is 213 g/mol.